The van der Waals surface area contributed by atoms with E-state index in [0.717, 1.165) is 21.3 Å². The maximum absolute atomic E-state index is 12.9. The summed E-state index contributed by atoms with van der Waals surface area (Å²) in [5, 5.41) is 3.59. The van der Waals surface area contributed by atoms with Gasteiger partial charge in [-0.1, -0.05) is 24.3 Å². The van der Waals surface area contributed by atoms with E-state index < -0.39 is 20.5 Å². The molecule has 5 nitrogen and oxygen atoms in total. The standard InChI is InChI=1S/C19H14F2N2O3S2/c20-19(21)28(24,25)17-8-4-2-6-14(17)22-11-12-9-10-15(26-12)18-23-13-5-1-3-7-16(13)27-18/h1-10,19,22H,11H2. The maximum Gasteiger partial charge on any atom is 0.341 e. The van der Waals surface area contributed by atoms with Gasteiger partial charge in [0.2, 0.25) is 9.84 Å². The zero-order valence-electron chi connectivity index (χ0n) is 14.3. The molecule has 4 rings (SSSR count). The number of thiazole rings is 1. The van der Waals surface area contributed by atoms with Gasteiger partial charge in [0, 0.05) is 0 Å². The molecule has 0 aliphatic heterocycles. The van der Waals surface area contributed by atoms with Crippen LogP contribution in [0, 0.1) is 0 Å². The van der Waals surface area contributed by atoms with E-state index in [4.69, 9.17) is 4.42 Å². The number of furan rings is 1. The van der Waals surface area contributed by atoms with E-state index in [-0.39, 0.29) is 12.2 Å². The number of nitrogens with zero attached hydrogens (tertiary/aromatic N) is 1. The summed E-state index contributed by atoms with van der Waals surface area (Å²) in [5.41, 5.74) is 0.977. The summed E-state index contributed by atoms with van der Waals surface area (Å²) in [4.78, 5) is 4.08. The quantitative estimate of drug-likeness (QED) is 0.466. The molecule has 2 heterocycles. The average Bonchev–Trinajstić information content (AvgIpc) is 3.33. The fourth-order valence-electron chi connectivity index (χ4n) is 2.70. The number of nitrogens with one attached hydrogen (secondary N) is 1. The van der Waals surface area contributed by atoms with Gasteiger partial charge in [0.15, 0.2) is 10.8 Å². The van der Waals surface area contributed by atoms with Gasteiger partial charge in [-0.25, -0.2) is 13.4 Å². The van der Waals surface area contributed by atoms with Gasteiger partial charge < -0.3 is 9.73 Å². The Morgan fingerprint density at radius 1 is 1.04 bits per heavy atom. The van der Waals surface area contributed by atoms with Crippen molar-refractivity contribution in [3.05, 3.63) is 66.4 Å². The highest BCUT2D eigenvalue weighted by atomic mass is 32.2. The Bertz CT molecular complexity index is 1200. The van der Waals surface area contributed by atoms with E-state index in [1.807, 2.05) is 24.3 Å². The van der Waals surface area contributed by atoms with Crippen LogP contribution < -0.4 is 5.32 Å². The van der Waals surface area contributed by atoms with Gasteiger partial charge >= 0.3 is 5.76 Å². The molecule has 0 saturated heterocycles. The molecule has 0 aliphatic rings. The lowest BCUT2D eigenvalue weighted by Gasteiger charge is -2.11. The van der Waals surface area contributed by atoms with Crippen molar-refractivity contribution < 1.29 is 21.6 Å². The van der Waals surface area contributed by atoms with Crippen molar-refractivity contribution in [2.75, 3.05) is 5.32 Å². The minimum atomic E-state index is -4.70. The van der Waals surface area contributed by atoms with Crippen LogP contribution in [0.25, 0.3) is 21.0 Å². The third kappa shape index (κ3) is 3.50. The van der Waals surface area contributed by atoms with Crippen LogP contribution in [0.3, 0.4) is 0 Å². The lowest BCUT2D eigenvalue weighted by molar-refractivity contribution is 0.235. The Balaban J connectivity index is 1.55. The second-order valence-electron chi connectivity index (χ2n) is 5.91. The lowest BCUT2D eigenvalue weighted by Crippen LogP contribution is -2.14. The van der Waals surface area contributed by atoms with Gasteiger partial charge in [-0.05, 0) is 36.4 Å². The summed E-state index contributed by atoms with van der Waals surface area (Å²) in [5.74, 6) is -2.37. The predicted molar refractivity (Wildman–Crippen MR) is 104 cm³/mol. The van der Waals surface area contributed by atoms with E-state index in [0.29, 0.717) is 11.5 Å². The minimum absolute atomic E-state index is 0.0979. The van der Waals surface area contributed by atoms with Crippen molar-refractivity contribution in [1.82, 2.24) is 4.98 Å². The second kappa shape index (κ2) is 7.33. The Morgan fingerprint density at radius 3 is 2.57 bits per heavy atom. The molecule has 0 amide bonds. The number of rotatable bonds is 6. The first-order chi connectivity index (χ1) is 13.4. The van der Waals surface area contributed by atoms with Crippen LogP contribution in [0.15, 0.2) is 70.0 Å². The number of benzene rings is 2. The van der Waals surface area contributed by atoms with Crippen LogP contribution in [-0.4, -0.2) is 19.2 Å². The summed E-state index contributed by atoms with van der Waals surface area (Å²) in [6, 6.07) is 16.8. The van der Waals surface area contributed by atoms with Crippen molar-refractivity contribution in [2.24, 2.45) is 0 Å². The number of sulfone groups is 1. The monoisotopic (exact) mass is 420 g/mol. The first-order valence-corrected chi connectivity index (χ1v) is 10.6. The number of para-hydroxylation sites is 2. The smallest absolute Gasteiger partial charge is 0.341 e. The van der Waals surface area contributed by atoms with Crippen molar-refractivity contribution in [1.29, 1.82) is 0 Å². The molecule has 0 spiro atoms. The maximum atomic E-state index is 12.9. The molecule has 28 heavy (non-hydrogen) atoms. The highest BCUT2D eigenvalue weighted by molar-refractivity contribution is 7.91. The van der Waals surface area contributed by atoms with E-state index in [2.05, 4.69) is 10.3 Å². The molecule has 2 aromatic heterocycles. The highest BCUT2D eigenvalue weighted by Crippen LogP contribution is 2.32. The SMILES string of the molecule is O=S(=O)(c1ccccc1NCc1ccc(-c2nc3ccccc3s2)o1)C(F)F. The van der Waals surface area contributed by atoms with E-state index in [1.165, 1.54) is 23.5 Å². The molecule has 9 heteroatoms. The number of alkyl halides is 2. The zero-order valence-corrected chi connectivity index (χ0v) is 15.9. The van der Waals surface area contributed by atoms with Crippen LogP contribution in [0.1, 0.15) is 5.76 Å². The number of anilines is 1. The van der Waals surface area contributed by atoms with Gasteiger partial charge in [0.1, 0.15) is 5.76 Å². The van der Waals surface area contributed by atoms with Gasteiger partial charge in [0.05, 0.1) is 27.3 Å². The van der Waals surface area contributed by atoms with E-state index >= 15 is 0 Å². The molecule has 144 valence electrons. The Labute approximate surface area is 163 Å². The summed E-state index contributed by atoms with van der Waals surface area (Å²) in [7, 11) is -4.70. The highest BCUT2D eigenvalue weighted by Gasteiger charge is 2.29. The van der Waals surface area contributed by atoms with Crippen LogP contribution in [0.5, 0.6) is 0 Å². The molecule has 0 aliphatic carbocycles. The largest absolute Gasteiger partial charge is 0.457 e. The van der Waals surface area contributed by atoms with E-state index in [1.54, 1.807) is 18.2 Å². The second-order valence-corrected chi connectivity index (χ2v) is 8.82. The summed E-state index contributed by atoms with van der Waals surface area (Å²) in [6.45, 7) is 0.140. The first-order valence-electron chi connectivity index (χ1n) is 8.25. The zero-order chi connectivity index (χ0) is 19.7. The van der Waals surface area contributed by atoms with Crippen molar-refractivity contribution in [3.63, 3.8) is 0 Å². The molecule has 0 radical (unpaired) electrons. The number of halogens is 2. The molecule has 0 bridgehead atoms. The molecular formula is C19H14F2N2O3S2. The fraction of sp³-hybridized carbons (Fsp3) is 0.105. The first kappa shape index (κ1) is 18.6. The topological polar surface area (TPSA) is 72.2 Å². The number of fused-ring (bicyclic) bond motifs is 1. The predicted octanol–water partition coefficient (Wildman–Crippen LogP) is 5.16. The van der Waals surface area contributed by atoms with E-state index in [9.17, 15) is 17.2 Å². The number of hydrogen-bond donors (Lipinski definition) is 1. The van der Waals surface area contributed by atoms with Crippen molar-refractivity contribution in [2.45, 2.75) is 17.2 Å². The number of aromatic nitrogens is 1. The minimum Gasteiger partial charge on any atom is -0.457 e. The summed E-state index contributed by atoms with van der Waals surface area (Å²) >= 11 is 1.50. The lowest BCUT2D eigenvalue weighted by atomic mass is 10.3. The molecule has 0 atom stereocenters. The molecule has 1 N–H and O–H groups in total. The van der Waals surface area contributed by atoms with Crippen LogP contribution >= 0.6 is 11.3 Å². The van der Waals surface area contributed by atoms with Crippen LogP contribution in [0.2, 0.25) is 0 Å². The molecule has 4 aromatic rings. The third-order valence-electron chi connectivity index (χ3n) is 4.05. The molecule has 2 aromatic carbocycles. The molecule has 0 unspecified atom stereocenters. The Kier molecular flexibility index (Phi) is 4.86. The van der Waals surface area contributed by atoms with Gasteiger partial charge in [-0.2, -0.15) is 8.78 Å². The van der Waals surface area contributed by atoms with Crippen molar-refractivity contribution in [3.8, 4) is 10.8 Å². The van der Waals surface area contributed by atoms with Crippen LogP contribution in [0.4, 0.5) is 14.5 Å². The van der Waals surface area contributed by atoms with Gasteiger partial charge in [0.25, 0.3) is 0 Å². The molecule has 0 saturated carbocycles. The third-order valence-corrected chi connectivity index (χ3v) is 6.54. The van der Waals surface area contributed by atoms with Gasteiger partial charge in [-0.15, -0.1) is 11.3 Å². The summed E-state index contributed by atoms with van der Waals surface area (Å²) in [6.07, 6.45) is 0. The molecule has 0 fully saturated rings. The van der Waals surface area contributed by atoms with Crippen molar-refractivity contribution >= 4 is 37.1 Å². The Hall–Kier alpha value is -2.78. The normalized spacial score (nSPS) is 12.0. The summed E-state index contributed by atoms with van der Waals surface area (Å²) < 4.78 is 56.2. The van der Waals surface area contributed by atoms with Gasteiger partial charge in [-0.3, -0.25) is 0 Å². The van der Waals surface area contributed by atoms with Crippen LogP contribution in [-0.2, 0) is 16.4 Å². The fourth-order valence-corrected chi connectivity index (χ4v) is 4.54. The number of hydrogen-bond acceptors (Lipinski definition) is 6. The Morgan fingerprint density at radius 2 is 1.79 bits per heavy atom. The average molecular weight is 420 g/mol. The molecular weight excluding hydrogens is 406 g/mol.